The average Bonchev–Trinajstić information content (AvgIpc) is 2.11. The molecule has 3 heteroatoms. The van der Waals surface area contributed by atoms with Gasteiger partial charge in [0.1, 0.15) is 0 Å². The molecule has 1 amide bonds. The monoisotopic (exact) mass is 193 g/mol. The third-order valence-corrected chi connectivity index (χ3v) is 2.32. The van der Waals surface area contributed by atoms with Gasteiger partial charge in [-0.15, -0.1) is 0 Å². The Morgan fingerprint density at radius 2 is 2.00 bits per heavy atom. The van der Waals surface area contributed by atoms with Crippen molar-refractivity contribution >= 4 is 6.09 Å². The van der Waals surface area contributed by atoms with E-state index in [1.54, 1.807) is 7.05 Å². The van der Waals surface area contributed by atoms with Crippen LogP contribution in [0.25, 0.3) is 0 Å². The zero-order chi connectivity index (χ0) is 10.7. The minimum Gasteiger partial charge on any atom is -0.465 e. The first-order chi connectivity index (χ1) is 6.50. The molecule has 1 aromatic carbocycles. The smallest absolute Gasteiger partial charge is 0.407 e. The topological polar surface area (TPSA) is 40.5 Å². The van der Waals surface area contributed by atoms with Crippen molar-refractivity contribution in [2.45, 2.75) is 20.4 Å². The molecule has 0 aliphatic carbocycles. The van der Waals surface area contributed by atoms with Crippen molar-refractivity contribution in [3.8, 4) is 0 Å². The summed E-state index contributed by atoms with van der Waals surface area (Å²) in [5.41, 5.74) is 3.45. The first-order valence-corrected chi connectivity index (χ1v) is 4.51. The summed E-state index contributed by atoms with van der Waals surface area (Å²) in [7, 11) is 1.57. The van der Waals surface area contributed by atoms with Crippen molar-refractivity contribution in [3.63, 3.8) is 0 Å². The van der Waals surface area contributed by atoms with E-state index in [0.717, 1.165) is 5.56 Å². The van der Waals surface area contributed by atoms with Crippen LogP contribution in [0.3, 0.4) is 0 Å². The van der Waals surface area contributed by atoms with E-state index in [9.17, 15) is 4.79 Å². The van der Waals surface area contributed by atoms with Gasteiger partial charge in [-0.1, -0.05) is 18.2 Å². The second kappa shape index (κ2) is 4.13. The zero-order valence-corrected chi connectivity index (χ0v) is 8.74. The number of hydrogen-bond acceptors (Lipinski definition) is 1. The molecule has 0 aliphatic rings. The fraction of sp³-hybridized carbons (Fsp3) is 0.364. The summed E-state index contributed by atoms with van der Waals surface area (Å²) in [6.07, 6.45) is -0.900. The minimum atomic E-state index is -0.900. The van der Waals surface area contributed by atoms with Crippen molar-refractivity contribution in [2.75, 3.05) is 7.05 Å². The number of carbonyl (C=O) groups is 1. The van der Waals surface area contributed by atoms with Crippen LogP contribution in [0.5, 0.6) is 0 Å². The molecule has 0 aliphatic heterocycles. The van der Waals surface area contributed by atoms with Gasteiger partial charge in [0.05, 0.1) is 0 Å². The molecular weight excluding hydrogens is 178 g/mol. The summed E-state index contributed by atoms with van der Waals surface area (Å²) in [6, 6.07) is 6.00. The van der Waals surface area contributed by atoms with Crippen LogP contribution in [0.4, 0.5) is 4.79 Å². The number of benzene rings is 1. The molecule has 1 rings (SSSR count). The lowest BCUT2D eigenvalue weighted by atomic mass is 10.1. The predicted octanol–water partition coefficient (Wildman–Crippen LogP) is 2.41. The van der Waals surface area contributed by atoms with Gasteiger partial charge >= 0.3 is 6.09 Å². The largest absolute Gasteiger partial charge is 0.465 e. The van der Waals surface area contributed by atoms with Crippen LogP contribution in [0.15, 0.2) is 18.2 Å². The minimum absolute atomic E-state index is 0.441. The summed E-state index contributed by atoms with van der Waals surface area (Å²) >= 11 is 0. The molecule has 0 radical (unpaired) electrons. The van der Waals surface area contributed by atoms with Gasteiger partial charge in [0, 0.05) is 13.6 Å². The molecule has 0 bridgehead atoms. The summed E-state index contributed by atoms with van der Waals surface area (Å²) in [5, 5.41) is 8.69. The molecule has 14 heavy (non-hydrogen) atoms. The Morgan fingerprint density at radius 3 is 2.50 bits per heavy atom. The lowest BCUT2D eigenvalue weighted by Gasteiger charge is -2.13. The summed E-state index contributed by atoms with van der Waals surface area (Å²) in [6.45, 7) is 4.51. The van der Waals surface area contributed by atoms with E-state index in [-0.39, 0.29) is 0 Å². The average molecular weight is 193 g/mol. The first-order valence-electron chi connectivity index (χ1n) is 4.51. The van der Waals surface area contributed by atoms with E-state index in [1.807, 2.05) is 32.0 Å². The van der Waals surface area contributed by atoms with Gasteiger partial charge < -0.3 is 10.0 Å². The molecule has 0 unspecified atom stereocenters. The number of hydrogen-bond donors (Lipinski definition) is 1. The van der Waals surface area contributed by atoms with Gasteiger partial charge in [0.2, 0.25) is 0 Å². The van der Waals surface area contributed by atoms with Gasteiger partial charge in [-0.3, -0.25) is 0 Å². The Kier molecular flexibility index (Phi) is 3.12. The van der Waals surface area contributed by atoms with E-state index < -0.39 is 6.09 Å². The van der Waals surface area contributed by atoms with Crippen LogP contribution < -0.4 is 0 Å². The molecule has 0 spiro atoms. The third kappa shape index (κ3) is 2.49. The highest BCUT2D eigenvalue weighted by Crippen LogP contribution is 2.11. The van der Waals surface area contributed by atoms with Crippen molar-refractivity contribution in [1.82, 2.24) is 4.90 Å². The fourth-order valence-corrected chi connectivity index (χ4v) is 1.24. The maximum Gasteiger partial charge on any atom is 0.407 e. The molecule has 0 saturated carbocycles. The van der Waals surface area contributed by atoms with Crippen molar-refractivity contribution < 1.29 is 9.90 Å². The molecule has 3 nitrogen and oxygen atoms in total. The quantitative estimate of drug-likeness (QED) is 0.783. The van der Waals surface area contributed by atoms with Crippen LogP contribution >= 0.6 is 0 Å². The Morgan fingerprint density at radius 1 is 1.36 bits per heavy atom. The van der Waals surface area contributed by atoms with E-state index in [0.29, 0.717) is 6.54 Å². The van der Waals surface area contributed by atoms with E-state index >= 15 is 0 Å². The SMILES string of the molecule is Cc1ccc(CN(C)C(=O)O)cc1C. The highest BCUT2D eigenvalue weighted by Gasteiger charge is 2.06. The predicted molar refractivity (Wildman–Crippen MR) is 55.4 cm³/mol. The third-order valence-electron chi connectivity index (χ3n) is 2.32. The number of amides is 1. The number of nitrogens with zero attached hydrogens (tertiary/aromatic N) is 1. The molecule has 0 aromatic heterocycles. The molecule has 1 N–H and O–H groups in total. The maximum atomic E-state index is 10.6. The van der Waals surface area contributed by atoms with E-state index in [2.05, 4.69) is 0 Å². The molecule has 0 heterocycles. The Hall–Kier alpha value is -1.51. The van der Waals surface area contributed by atoms with Crippen molar-refractivity contribution in [2.24, 2.45) is 0 Å². The maximum absolute atomic E-state index is 10.6. The highest BCUT2D eigenvalue weighted by molar-refractivity contribution is 5.64. The van der Waals surface area contributed by atoms with Gasteiger partial charge in [-0.2, -0.15) is 0 Å². The lowest BCUT2D eigenvalue weighted by molar-refractivity contribution is 0.153. The van der Waals surface area contributed by atoms with Gasteiger partial charge in [0.25, 0.3) is 0 Å². The fourth-order valence-electron chi connectivity index (χ4n) is 1.24. The standard InChI is InChI=1S/C11H15NO2/c1-8-4-5-10(6-9(8)2)7-12(3)11(13)14/h4-6H,7H2,1-3H3,(H,13,14). The lowest BCUT2D eigenvalue weighted by Crippen LogP contribution is -2.23. The van der Waals surface area contributed by atoms with E-state index in [4.69, 9.17) is 5.11 Å². The van der Waals surface area contributed by atoms with Gasteiger partial charge in [-0.25, -0.2) is 4.79 Å². The molecule has 76 valence electrons. The Bertz CT molecular complexity index is 347. The second-order valence-corrected chi connectivity index (χ2v) is 3.56. The first kappa shape index (κ1) is 10.6. The van der Waals surface area contributed by atoms with Crippen LogP contribution in [-0.2, 0) is 6.54 Å². The summed E-state index contributed by atoms with van der Waals surface area (Å²) in [5.74, 6) is 0. The number of carboxylic acid groups (broad SMARTS) is 1. The van der Waals surface area contributed by atoms with Crippen LogP contribution in [-0.4, -0.2) is 23.1 Å². The van der Waals surface area contributed by atoms with Gasteiger partial charge in [-0.05, 0) is 30.5 Å². The molecular formula is C11H15NO2. The van der Waals surface area contributed by atoms with E-state index in [1.165, 1.54) is 16.0 Å². The Labute approximate surface area is 84.0 Å². The summed E-state index contributed by atoms with van der Waals surface area (Å²) in [4.78, 5) is 11.8. The molecule has 0 saturated heterocycles. The summed E-state index contributed by atoms with van der Waals surface area (Å²) < 4.78 is 0. The highest BCUT2D eigenvalue weighted by atomic mass is 16.4. The molecule has 1 aromatic rings. The van der Waals surface area contributed by atoms with Crippen LogP contribution in [0.2, 0.25) is 0 Å². The molecule has 0 atom stereocenters. The van der Waals surface area contributed by atoms with Crippen LogP contribution in [0.1, 0.15) is 16.7 Å². The Balaban J connectivity index is 2.78. The molecule has 0 fully saturated rings. The number of aryl methyl sites for hydroxylation is 2. The normalized spacial score (nSPS) is 9.93. The number of rotatable bonds is 2. The second-order valence-electron chi connectivity index (χ2n) is 3.56. The van der Waals surface area contributed by atoms with Crippen LogP contribution in [0, 0.1) is 13.8 Å². The van der Waals surface area contributed by atoms with Gasteiger partial charge in [0.15, 0.2) is 0 Å². The zero-order valence-electron chi connectivity index (χ0n) is 8.74. The van der Waals surface area contributed by atoms with Crippen molar-refractivity contribution in [3.05, 3.63) is 34.9 Å². The van der Waals surface area contributed by atoms with Crippen molar-refractivity contribution in [1.29, 1.82) is 0 Å².